The fourth-order valence-corrected chi connectivity index (χ4v) is 3.61. The highest BCUT2D eigenvalue weighted by Gasteiger charge is 2.23. The van der Waals surface area contributed by atoms with Crippen molar-refractivity contribution < 1.29 is 14.7 Å². The summed E-state index contributed by atoms with van der Waals surface area (Å²) in [4.78, 5) is 23.7. The Morgan fingerprint density at radius 2 is 1.54 bits per heavy atom. The molecular formula is C22H37N3O3. The maximum atomic E-state index is 12.3. The molecule has 0 spiro atoms. The lowest BCUT2D eigenvalue weighted by Crippen LogP contribution is -2.42. The van der Waals surface area contributed by atoms with Gasteiger partial charge in [-0.2, -0.15) is 5.26 Å². The zero-order valence-electron chi connectivity index (χ0n) is 17.5. The van der Waals surface area contributed by atoms with Gasteiger partial charge in [0.1, 0.15) is 17.7 Å². The molecule has 0 saturated heterocycles. The van der Waals surface area contributed by atoms with Crippen molar-refractivity contribution in [3.05, 3.63) is 11.8 Å². The number of hydrogen-bond donors (Lipinski definition) is 3. The molecule has 0 aromatic heterocycles. The van der Waals surface area contributed by atoms with E-state index in [1.54, 1.807) is 0 Å². The number of nitrogens with zero attached hydrogens (tertiary/aromatic N) is 1. The lowest BCUT2D eigenvalue weighted by molar-refractivity contribution is -0.141. The van der Waals surface area contributed by atoms with E-state index in [-0.39, 0.29) is 17.5 Å². The average Bonchev–Trinajstić information content (AvgIpc) is 2.62. The zero-order valence-corrected chi connectivity index (χ0v) is 17.5. The molecule has 0 aliphatic heterocycles. The van der Waals surface area contributed by atoms with Crippen LogP contribution >= 0.6 is 0 Å². The van der Waals surface area contributed by atoms with Gasteiger partial charge >= 0.3 is 5.97 Å². The van der Waals surface area contributed by atoms with E-state index in [2.05, 4.69) is 10.6 Å². The summed E-state index contributed by atoms with van der Waals surface area (Å²) in [7, 11) is 0. The number of nitriles is 1. The molecule has 0 bridgehead atoms. The number of aliphatic carboxylic acids is 1. The summed E-state index contributed by atoms with van der Waals surface area (Å²) in [6, 6.07) is 1.17. The number of carbonyl (C=O) groups excluding carboxylic acids is 1. The van der Waals surface area contributed by atoms with E-state index in [1.165, 1.54) is 51.1 Å². The van der Waals surface area contributed by atoms with Gasteiger partial charge in [0.05, 0.1) is 0 Å². The molecule has 1 fully saturated rings. The van der Waals surface area contributed by atoms with Crippen LogP contribution in [0.15, 0.2) is 11.8 Å². The summed E-state index contributed by atoms with van der Waals surface area (Å²) in [6.45, 7) is 3.79. The normalized spacial score (nSPS) is 19.0. The first kappa shape index (κ1) is 24.0. The summed E-state index contributed by atoms with van der Waals surface area (Å²) in [5, 5.41) is 24.3. The van der Waals surface area contributed by atoms with Crippen molar-refractivity contribution in [1.29, 1.82) is 5.26 Å². The first-order valence-corrected chi connectivity index (χ1v) is 10.8. The lowest BCUT2D eigenvalue weighted by Gasteiger charge is -2.19. The van der Waals surface area contributed by atoms with Crippen LogP contribution < -0.4 is 10.6 Å². The Balaban J connectivity index is 2.65. The van der Waals surface area contributed by atoms with Crippen LogP contribution in [0.3, 0.4) is 0 Å². The number of hydrogen-bond acceptors (Lipinski definition) is 4. The Morgan fingerprint density at radius 3 is 1.96 bits per heavy atom. The lowest BCUT2D eigenvalue weighted by atomic mass is 9.98. The van der Waals surface area contributed by atoms with Crippen LogP contribution in [0.4, 0.5) is 0 Å². The van der Waals surface area contributed by atoms with Crippen LogP contribution in [-0.4, -0.2) is 29.1 Å². The Hall–Kier alpha value is -2.03. The Kier molecular flexibility index (Phi) is 12.0. The molecule has 1 aliphatic rings. The van der Waals surface area contributed by atoms with Crippen molar-refractivity contribution in [3.8, 4) is 6.07 Å². The molecule has 6 nitrogen and oxygen atoms in total. The van der Waals surface area contributed by atoms with Crippen LogP contribution in [0.25, 0.3) is 0 Å². The summed E-state index contributed by atoms with van der Waals surface area (Å²) < 4.78 is 0. The van der Waals surface area contributed by atoms with E-state index >= 15 is 0 Å². The smallest absolute Gasteiger partial charge is 0.326 e. The number of carboxylic acids is 1. The average molecular weight is 392 g/mol. The van der Waals surface area contributed by atoms with Gasteiger partial charge in [-0.1, -0.05) is 71.6 Å². The molecule has 1 unspecified atom stereocenters. The molecule has 1 atom stereocenters. The molecule has 28 heavy (non-hydrogen) atoms. The fourth-order valence-electron chi connectivity index (χ4n) is 3.61. The molecule has 6 heteroatoms. The third-order valence-corrected chi connectivity index (χ3v) is 5.24. The molecule has 158 valence electrons. The van der Waals surface area contributed by atoms with Crippen LogP contribution in [0.1, 0.15) is 90.9 Å². The van der Waals surface area contributed by atoms with Gasteiger partial charge in [0.15, 0.2) is 0 Å². The van der Waals surface area contributed by atoms with Crippen molar-refractivity contribution in [1.82, 2.24) is 10.6 Å². The molecule has 0 radical (unpaired) electrons. The van der Waals surface area contributed by atoms with Crippen molar-refractivity contribution in [3.63, 3.8) is 0 Å². The van der Waals surface area contributed by atoms with Gasteiger partial charge in [-0.25, -0.2) is 4.79 Å². The highest BCUT2D eigenvalue weighted by atomic mass is 16.4. The molecular weight excluding hydrogens is 354 g/mol. The molecule has 1 aliphatic carbocycles. The van der Waals surface area contributed by atoms with Gasteiger partial charge in [0.2, 0.25) is 0 Å². The first-order chi connectivity index (χ1) is 13.4. The second kappa shape index (κ2) is 14.0. The summed E-state index contributed by atoms with van der Waals surface area (Å²) in [5.74, 6) is -1.58. The largest absolute Gasteiger partial charge is 0.480 e. The van der Waals surface area contributed by atoms with E-state index in [0.29, 0.717) is 6.42 Å². The van der Waals surface area contributed by atoms with Gasteiger partial charge in [-0.05, 0) is 25.2 Å². The number of amides is 1. The quantitative estimate of drug-likeness (QED) is 0.444. The summed E-state index contributed by atoms with van der Waals surface area (Å²) in [5.41, 5.74) is -0.0684. The highest BCUT2D eigenvalue weighted by molar-refractivity contribution is 5.99. The van der Waals surface area contributed by atoms with E-state index < -0.39 is 17.9 Å². The van der Waals surface area contributed by atoms with E-state index in [4.69, 9.17) is 0 Å². The van der Waals surface area contributed by atoms with Gasteiger partial charge in [0.25, 0.3) is 5.91 Å². The maximum absolute atomic E-state index is 12.3. The van der Waals surface area contributed by atoms with Crippen molar-refractivity contribution in [2.24, 2.45) is 5.92 Å². The Labute approximate surface area is 169 Å². The number of rotatable bonds is 7. The number of carbonyl (C=O) groups is 2. The fraction of sp³-hybridized carbons (Fsp3) is 0.773. The van der Waals surface area contributed by atoms with Crippen LogP contribution in [0.2, 0.25) is 0 Å². The monoisotopic (exact) mass is 391 g/mol. The molecule has 1 rings (SSSR count). The summed E-state index contributed by atoms with van der Waals surface area (Å²) >= 11 is 0. The maximum Gasteiger partial charge on any atom is 0.326 e. The number of nitrogens with one attached hydrogen (secondary N) is 2. The minimum absolute atomic E-state index is 0.0684. The third kappa shape index (κ3) is 10.3. The second-order valence-corrected chi connectivity index (χ2v) is 8.29. The van der Waals surface area contributed by atoms with E-state index in [9.17, 15) is 20.0 Å². The molecule has 0 aromatic rings. The van der Waals surface area contributed by atoms with Crippen molar-refractivity contribution in [2.75, 3.05) is 0 Å². The van der Waals surface area contributed by atoms with Gasteiger partial charge in [0, 0.05) is 12.2 Å². The molecule has 0 heterocycles. The standard InChI is InChI=1S/C22H37N3O3/c1-17(2)14-20(22(27)28)25-21(26)18(15-23)16-24-19-12-10-8-6-4-3-5-7-9-11-13-19/h16-17,19-20,24H,3-14H2,1-2H3,(H,25,26)(H,27,28)/b18-16-. The minimum atomic E-state index is -1.08. The van der Waals surface area contributed by atoms with Gasteiger partial charge in [-0.15, -0.1) is 0 Å². The van der Waals surface area contributed by atoms with E-state index in [0.717, 1.165) is 25.7 Å². The van der Waals surface area contributed by atoms with Crippen LogP contribution in [-0.2, 0) is 9.59 Å². The number of carboxylic acid groups (broad SMARTS) is 1. The third-order valence-electron chi connectivity index (χ3n) is 5.24. The predicted molar refractivity (Wildman–Crippen MR) is 110 cm³/mol. The molecule has 1 amide bonds. The molecule has 0 aromatic carbocycles. The minimum Gasteiger partial charge on any atom is -0.480 e. The van der Waals surface area contributed by atoms with Crippen LogP contribution in [0, 0.1) is 17.2 Å². The second-order valence-electron chi connectivity index (χ2n) is 8.29. The van der Waals surface area contributed by atoms with Gasteiger partial charge < -0.3 is 15.7 Å². The topological polar surface area (TPSA) is 102 Å². The highest BCUT2D eigenvalue weighted by Crippen LogP contribution is 2.17. The zero-order chi connectivity index (χ0) is 20.8. The Bertz CT molecular complexity index is 540. The van der Waals surface area contributed by atoms with Crippen molar-refractivity contribution in [2.45, 2.75) is 103 Å². The van der Waals surface area contributed by atoms with Gasteiger partial charge in [-0.3, -0.25) is 4.79 Å². The SMILES string of the molecule is CC(C)CC(NC(=O)/C(C#N)=C\NC1CCCCCCCCCCC1)C(=O)O. The summed E-state index contributed by atoms with van der Waals surface area (Å²) in [6.07, 6.45) is 15.1. The molecule has 3 N–H and O–H groups in total. The Morgan fingerprint density at radius 1 is 1.04 bits per heavy atom. The first-order valence-electron chi connectivity index (χ1n) is 10.8. The van der Waals surface area contributed by atoms with Crippen LogP contribution in [0.5, 0.6) is 0 Å². The van der Waals surface area contributed by atoms with Crippen molar-refractivity contribution >= 4 is 11.9 Å². The predicted octanol–water partition coefficient (Wildman–Crippen LogP) is 4.27. The van der Waals surface area contributed by atoms with E-state index in [1.807, 2.05) is 19.9 Å². The molecule has 1 saturated carbocycles.